The number of fused-ring (bicyclic) bond motifs is 9. The Kier molecular flexibility index (Phi) is 5.70. The van der Waals surface area contributed by atoms with E-state index < -0.39 is 17.5 Å². The Morgan fingerprint density at radius 2 is 1.55 bits per heavy atom. The lowest BCUT2D eigenvalue weighted by molar-refractivity contribution is -0.727. The van der Waals surface area contributed by atoms with Crippen LogP contribution < -0.4 is 9.13 Å². The molecule has 0 aliphatic carbocycles. The molecule has 0 spiro atoms. The first kappa shape index (κ1) is 24.5. The maximum atomic E-state index is 15.8. The number of rotatable bonds is 1. The van der Waals surface area contributed by atoms with Crippen molar-refractivity contribution in [3.63, 3.8) is 0 Å². The number of halogens is 3. The average Bonchev–Trinajstić information content (AvgIpc) is 3.03. The van der Waals surface area contributed by atoms with Gasteiger partial charge in [-0.15, -0.1) is 0 Å². The third-order valence-corrected chi connectivity index (χ3v) is 8.46. The summed E-state index contributed by atoms with van der Waals surface area (Å²) in [5.41, 5.74) is 7.45. The van der Waals surface area contributed by atoms with Gasteiger partial charge in [0.15, 0.2) is 24.0 Å². The predicted molar refractivity (Wildman–Crippen MR) is 150 cm³/mol. The second-order valence-corrected chi connectivity index (χ2v) is 10.7. The highest BCUT2D eigenvalue weighted by Crippen LogP contribution is 2.45. The SMILES string of the molecule is C=C1C2C(CCc3c(F)c(F)cc(F)c3-c3cc(-c4ccccc4)c(C)c[n+]31)c1ccccc1-c1cccc[n+]12. The molecule has 2 aliphatic heterocycles. The molecule has 0 radical (unpaired) electrons. The molecule has 7 rings (SSSR count). The summed E-state index contributed by atoms with van der Waals surface area (Å²) in [7, 11) is 0. The van der Waals surface area contributed by atoms with E-state index >= 15 is 8.78 Å². The van der Waals surface area contributed by atoms with Crippen LogP contribution in [0.4, 0.5) is 13.2 Å². The first-order valence-corrected chi connectivity index (χ1v) is 13.5. The number of allylic oxidation sites excluding steroid dienone is 1. The van der Waals surface area contributed by atoms with Crippen LogP contribution in [-0.2, 0) is 6.42 Å². The topological polar surface area (TPSA) is 7.76 Å². The summed E-state index contributed by atoms with van der Waals surface area (Å²) >= 11 is 0. The molecule has 0 N–H and O–H groups in total. The summed E-state index contributed by atoms with van der Waals surface area (Å²) < 4.78 is 50.2. The van der Waals surface area contributed by atoms with Gasteiger partial charge < -0.3 is 0 Å². The maximum Gasteiger partial charge on any atom is 0.249 e. The highest BCUT2D eigenvalue weighted by Gasteiger charge is 2.47. The van der Waals surface area contributed by atoms with Gasteiger partial charge in [0.1, 0.15) is 5.82 Å². The van der Waals surface area contributed by atoms with Crippen molar-refractivity contribution < 1.29 is 22.3 Å². The minimum atomic E-state index is -1.17. The molecule has 0 saturated carbocycles. The van der Waals surface area contributed by atoms with E-state index in [0.29, 0.717) is 18.2 Å². The fourth-order valence-corrected chi connectivity index (χ4v) is 6.66. The molecular weight excluding hydrogens is 505 g/mol. The fourth-order valence-electron chi connectivity index (χ4n) is 6.66. The molecule has 40 heavy (non-hydrogen) atoms. The van der Waals surface area contributed by atoms with E-state index in [4.69, 9.17) is 0 Å². The summed E-state index contributed by atoms with van der Waals surface area (Å²) in [6.07, 6.45) is 4.67. The molecule has 0 fully saturated rings. The van der Waals surface area contributed by atoms with E-state index in [0.717, 1.165) is 39.2 Å². The van der Waals surface area contributed by atoms with Crippen LogP contribution in [0.3, 0.4) is 0 Å². The summed E-state index contributed by atoms with van der Waals surface area (Å²) in [5, 5.41) is 0. The molecule has 5 aromatic rings. The van der Waals surface area contributed by atoms with Gasteiger partial charge in [-0.25, -0.2) is 13.2 Å². The van der Waals surface area contributed by atoms with Crippen molar-refractivity contribution in [1.82, 2.24) is 0 Å². The van der Waals surface area contributed by atoms with E-state index in [9.17, 15) is 4.39 Å². The highest BCUT2D eigenvalue weighted by atomic mass is 19.2. The molecular formula is C35H27F3N2+2. The molecule has 2 atom stereocenters. The largest absolute Gasteiger partial charge is 0.249 e. The molecule has 2 aliphatic rings. The van der Waals surface area contributed by atoms with Crippen LogP contribution in [-0.4, -0.2) is 0 Å². The Balaban J connectivity index is 1.56. The van der Waals surface area contributed by atoms with Crippen LogP contribution in [0.5, 0.6) is 0 Å². The fraction of sp³-hybridized carbons (Fsp3) is 0.143. The Morgan fingerprint density at radius 3 is 2.38 bits per heavy atom. The van der Waals surface area contributed by atoms with E-state index in [-0.39, 0.29) is 29.5 Å². The molecule has 2 unspecified atom stereocenters. The Morgan fingerprint density at radius 1 is 0.800 bits per heavy atom. The van der Waals surface area contributed by atoms with Gasteiger partial charge >= 0.3 is 0 Å². The lowest BCUT2D eigenvalue weighted by atomic mass is 9.78. The molecule has 2 aromatic heterocycles. The van der Waals surface area contributed by atoms with Gasteiger partial charge in [0.05, 0.1) is 11.5 Å². The zero-order chi connectivity index (χ0) is 27.5. The summed E-state index contributed by atoms with van der Waals surface area (Å²) in [6.45, 7) is 6.60. The third-order valence-electron chi connectivity index (χ3n) is 8.46. The van der Waals surface area contributed by atoms with Crippen molar-refractivity contribution in [3.05, 3.63) is 138 Å². The van der Waals surface area contributed by atoms with Crippen LogP contribution in [0, 0.1) is 24.4 Å². The first-order valence-electron chi connectivity index (χ1n) is 13.5. The third kappa shape index (κ3) is 3.64. The van der Waals surface area contributed by atoms with Gasteiger partial charge in [-0.3, -0.25) is 0 Å². The number of benzene rings is 3. The van der Waals surface area contributed by atoms with E-state index in [1.165, 1.54) is 0 Å². The van der Waals surface area contributed by atoms with Crippen LogP contribution in [0.1, 0.15) is 35.1 Å². The van der Waals surface area contributed by atoms with Gasteiger partial charge in [-0.2, -0.15) is 9.13 Å². The van der Waals surface area contributed by atoms with Crippen LogP contribution in [0.15, 0.2) is 104 Å². The number of aromatic nitrogens is 2. The van der Waals surface area contributed by atoms with Gasteiger partial charge in [0.25, 0.3) is 0 Å². The van der Waals surface area contributed by atoms with E-state index in [1.807, 2.05) is 84.5 Å². The monoisotopic (exact) mass is 532 g/mol. The van der Waals surface area contributed by atoms with Crippen molar-refractivity contribution in [2.75, 3.05) is 0 Å². The van der Waals surface area contributed by atoms with Gasteiger partial charge in [-0.1, -0.05) is 48.5 Å². The molecule has 2 nitrogen and oxygen atoms in total. The Labute approximate surface area is 231 Å². The van der Waals surface area contributed by atoms with Gasteiger partial charge in [-0.05, 0) is 55.2 Å². The van der Waals surface area contributed by atoms with Crippen molar-refractivity contribution in [2.24, 2.45) is 0 Å². The van der Waals surface area contributed by atoms with E-state index in [1.54, 1.807) is 0 Å². The maximum absolute atomic E-state index is 15.8. The molecule has 4 heterocycles. The van der Waals surface area contributed by atoms with Crippen molar-refractivity contribution in [1.29, 1.82) is 0 Å². The summed E-state index contributed by atoms with van der Waals surface area (Å²) in [4.78, 5) is 0. The minimum Gasteiger partial charge on any atom is -0.206 e. The molecule has 0 bridgehead atoms. The number of nitrogens with zero attached hydrogens (tertiary/aromatic N) is 2. The smallest absolute Gasteiger partial charge is 0.206 e. The molecule has 3 aromatic carbocycles. The zero-order valence-electron chi connectivity index (χ0n) is 22.0. The van der Waals surface area contributed by atoms with Gasteiger partial charge in [0.2, 0.25) is 23.1 Å². The highest BCUT2D eigenvalue weighted by molar-refractivity contribution is 5.74. The van der Waals surface area contributed by atoms with E-state index in [2.05, 4.69) is 29.3 Å². The predicted octanol–water partition coefficient (Wildman–Crippen LogP) is 7.74. The van der Waals surface area contributed by atoms with Crippen molar-refractivity contribution in [3.8, 4) is 33.6 Å². The summed E-state index contributed by atoms with van der Waals surface area (Å²) in [6, 6.07) is 26.5. The number of pyridine rings is 2. The van der Waals surface area contributed by atoms with Crippen molar-refractivity contribution in [2.45, 2.75) is 31.7 Å². The van der Waals surface area contributed by atoms with Crippen LogP contribution in [0.2, 0.25) is 0 Å². The molecule has 5 heteroatoms. The second kappa shape index (κ2) is 9.30. The Bertz CT molecular complexity index is 1830. The first-order chi connectivity index (χ1) is 19.4. The minimum absolute atomic E-state index is 0.0592. The molecule has 0 amide bonds. The zero-order valence-corrected chi connectivity index (χ0v) is 22.0. The molecule has 196 valence electrons. The Hall–Kier alpha value is -4.51. The normalized spacial score (nSPS) is 17.4. The molecule has 0 saturated heterocycles. The number of hydrogen-bond donors (Lipinski definition) is 0. The summed E-state index contributed by atoms with van der Waals surface area (Å²) in [5.74, 6) is -3.03. The van der Waals surface area contributed by atoms with Gasteiger partial charge in [0, 0.05) is 41.0 Å². The van der Waals surface area contributed by atoms with Crippen LogP contribution in [0.25, 0.3) is 39.3 Å². The average molecular weight is 533 g/mol. The van der Waals surface area contributed by atoms with Crippen LogP contribution >= 0.6 is 0 Å². The second-order valence-electron chi connectivity index (χ2n) is 10.7. The standard InChI is InChI=1S/C35H27F3N2/c1-21-20-40-22(2)35-26(24-12-6-7-13-25(24)31-14-8-9-17-39(31)35)15-16-27-33(29(36)19-30(37)34(27)38)32(40)18-28(21)23-10-4-3-5-11-23/h3-14,17-20,26,35H,2,15-16H2,1H3/q+2. The lowest BCUT2D eigenvalue weighted by Crippen LogP contribution is -2.53. The lowest BCUT2D eigenvalue weighted by Gasteiger charge is -2.29. The number of aryl methyl sites for hydroxylation is 1. The van der Waals surface area contributed by atoms with Crippen molar-refractivity contribution >= 4 is 5.70 Å². The quantitative estimate of drug-likeness (QED) is 0.154. The number of hydrogen-bond acceptors (Lipinski definition) is 0.